The zero-order valence-electron chi connectivity index (χ0n) is 10.5. The molecule has 4 atom stereocenters. The second-order valence-electron chi connectivity index (χ2n) is 5.92. The summed E-state index contributed by atoms with van der Waals surface area (Å²) < 4.78 is 0. The summed E-state index contributed by atoms with van der Waals surface area (Å²) in [4.78, 5) is 22.7. The molecule has 2 fully saturated rings. The van der Waals surface area contributed by atoms with Gasteiger partial charge in [-0.1, -0.05) is 13.8 Å². The Balaban J connectivity index is 1.94. The topological polar surface area (TPSA) is 34.1 Å². The predicted molar refractivity (Wildman–Crippen MR) is 63.0 cm³/mol. The summed E-state index contributed by atoms with van der Waals surface area (Å²) in [6, 6.07) is 0. The van der Waals surface area contributed by atoms with Crippen LogP contribution in [0.3, 0.4) is 0 Å². The number of Topliss-reactive ketones (excluding diaryl/α,β-unsaturated/α-hetero) is 2. The van der Waals surface area contributed by atoms with Crippen LogP contribution in [0.4, 0.5) is 0 Å². The van der Waals surface area contributed by atoms with Gasteiger partial charge in [-0.25, -0.2) is 0 Å². The van der Waals surface area contributed by atoms with Gasteiger partial charge in [0, 0.05) is 18.8 Å². The maximum atomic E-state index is 11.6. The van der Waals surface area contributed by atoms with Gasteiger partial charge in [0.25, 0.3) is 0 Å². The molecule has 0 spiro atoms. The van der Waals surface area contributed by atoms with Crippen molar-refractivity contribution in [3.8, 4) is 0 Å². The Morgan fingerprint density at radius 3 is 2.56 bits per heavy atom. The first-order valence-electron chi connectivity index (χ1n) is 6.54. The fourth-order valence-electron chi connectivity index (χ4n) is 3.63. The zero-order valence-corrected chi connectivity index (χ0v) is 10.5. The smallest absolute Gasteiger partial charge is 0.136 e. The van der Waals surface area contributed by atoms with Crippen LogP contribution in [0.5, 0.6) is 0 Å². The number of hydrogen-bond donors (Lipinski definition) is 0. The highest BCUT2D eigenvalue weighted by molar-refractivity contribution is 5.87. The van der Waals surface area contributed by atoms with Crippen LogP contribution in [0, 0.1) is 29.6 Å². The van der Waals surface area contributed by atoms with Crippen molar-refractivity contribution in [1.82, 2.24) is 0 Å². The highest BCUT2D eigenvalue weighted by atomic mass is 16.1. The third kappa shape index (κ3) is 2.07. The van der Waals surface area contributed by atoms with Crippen molar-refractivity contribution in [3.63, 3.8) is 0 Å². The van der Waals surface area contributed by atoms with E-state index in [4.69, 9.17) is 0 Å². The van der Waals surface area contributed by atoms with Crippen molar-refractivity contribution in [3.05, 3.63) is 0 Å². The van der Waals surface area contributed by atoms with Crippen LogP contribution >= 0.6 is 0 Å². The van der Waals surface area contributed by atoms with Crippen molar-refractivity contribution < 1.29 is 9.59 Å². The third-order valence-corrected chi connectivity index (χ3v) is 4.51. The Labute approximate surface area is 97.8 Å². The van der Waals surface area contributed by atoms with Gasteiger partial charge in [0.1, 0.15) is 11.6 Å². The van der Waals surface area contributed by atoms with Gasteiger partial charge < -0.3 is 4.79 Å². The maximum absolute atomic E-state index is 11.6. The number of ketones is 2. The van der Waals surface area contributed by atoms with Crippen LogP contribution in [-0.4, -0.2) is 11.6 Å². The molecule has 0 aromatic carbocycles. The zero-order chi connectivity index (χ0) is 11.9. The molecule has 0 heterocycles. The molecule has 2 nitrogen and oxygen atoms in total. The molecule has 2 saturated carbocycles. The monoisotopic (exact) mass is 222 g/mol. The lowest BCUT2D eigenvalue weighted by atomic mass is 9.83. The average Bonchev–Trinajstić information content (AvgIpc) is 2.75. The Hall–Kier alpha value is -0.660. The summed E-state index contributed by atoms with van der Waals surface area (Å²) in [5.41, 5.74) is 0. The van der Waals surface area contributed by atoms with Crippen LogP contribution < -0.4 is 0 Å². The van der Waals surface area contributed by atoms with E-state index in [1.807, 2.05) is 0 Å². The first-order chi connectivity index (χ1) is 7.52. The normalized spacial score (nSPS) is 34.0. The van der Waals surface area contributed by atoms with Gasteiger partial charge >= 0.3 is 0 Å². The van der Waals surface area contributed by atoms with Gasteiger partial charge in [-0.05, 0) is 43.4 Å². The molecule has 0 aromatic rings. The van der Waals surface area contributed by atoms with Crippen molar-refractivity contribution in [1.29, 1.82) is 0 Å². The van der Waals surface area contributed by atoms with Crippen molar-refractivity contribution in [2.24, 2.45) is 29.6 Å². The first kappa shape index (κ1) is 11.8. The molecule has 0 bridgehead atoms. The SMILES string of the molecule is CC(=O)CC[C@@H](C(C)C)[C@@H]1[C@H]2CCC(=O)[C@H]21. The lowest BCUT2D eigenvalue weighted by Crippen LogP contribution is -2.17. The standard InChI is InChI=1S/C14H22O2/c1-8(2)10(5-4-9(3)15)13-11-6-7-12(16)14(11)13/h8,10-11,13-14H,4-7H2,1-3H3/t10-,11+,13+,14-/m0/s1. The van der Waals surface area contributed by atoms with E-state index in [0.29, 0.717) is 41.8 Å². The molecule has 2 heteroatoms. The van der Waals surface area contributed by atoms with Gasteiger partial charge in [0.15, 0.2) is 0 Å². The van der Waals surface area contributed by atoms with Crippen LogP contribution in [0.15, 0.2) is 0 Å². The van der Waals surface area contributed by atoms with E-state index in [9.17, 15) is 9.59 Å². The van der Waals surface area contributed by atoms with E-state index in [-0.39, 0.29) is 5.78 Å². The molecule has 0 saturated heterocycles. The third-order valence-electron chi connectivity index (χ3n) is 4.51. The molecular weight excluding hydrogens is 200 g/mol. The van der Waals surface area contributed by atoms with Crippen LogP contribution in [0.2, 0.25) is 0 Å². The number of fused-ring (bicyclic) bond motifs is 1. The average molecular weight is 222 g/mol. The van der Waals surface area contributed by atoms with Crippen LogP contribution in [-0.2, 0) is 9.59 Å². The number of carbonyl (C=O) groups is 2. The molecule has 2 rings (SSSR count). The van der Waals surface area contributed by atoms with Gasteiger partial charge in [0.05, 0.1) is 0 Å². The quantitative estimate of drug-likeness (QED) is 0.716. The molecule has 2 aliphatic carbocycles. The lowest BCUT2D eigenvalue weighted by molar-refractivity contribution is -0.119. The fraction of sp³-hybridized carbons (Fsp3) is 0.857. The Morgan fingerprint density at radius 1 is 1.44 bits per heavy atom. The maximum Gasteiger partial charge on any atom is 0.136 e. The molecule has 0 aromatic heterocycles. The number of hydrogen-bond acceptors (Lipinski definition) is 2. The number of rotatable bonds is 5. The van der Waals surface area contributed by atoms with E-state index in [0.717, 1.165) is 19.3 Å². The minimum atomic E-state index is 0.280. The highest BCUT2D eigenvalue weighted by Crippen LogP contribution is 2.60. The largest absolute Gasteiger partial charge is 0.300 e. The summed E-state index contributed by atoms with van der Waals surface area (Å²) in [5, 5.41) is 0. The van der Waals surface area contributed by atoms with Crippen molar-refractivity contribution >= 4 is 11.6 Å². The highest BCUT2D eigenvalue weighted by Gasteiger charge is 2.60. The predicted octanol–water partition coefficient (Wildman–Crippen LogP) is 2.85. The number of carbonyl (C=O) groups excluding carboxylic acids is 2. The molecule has 2 aliphatic rings. The molecule has 0 aliphatic heterocycles. The fourth-order valence-corrected chi connectivity index (χ4v) is 3.63. The summed E-state index contributed by atoms with van der Waals surface area (Å²) in [7, 11) is 0. The Bertz CT molecular complexity index is 306. The molecule has 0 amide bonds. The second kappa shape index (κ2) is 4.31. The Morgan fingerprint density at radius 2 is 2.12 bits per heavy atom. The van der Waals surface area contributed by atoms with Gasteiger partial charge in [-0.15, -0.1) is 0 Å². The summed E-state index contributed by atoms with van der Waals surface area (Å²) in [6.45, 7) is 6.11. The van der Waals surface area contributed by atoms with Crippen molar-refractivity contribution in [2.45, 2.75) is 46.5 Å². The van der Waals surface area contributed by atoms with Gasteiger partial charge in [-0.3, -0.25) is 4.79 Å². The molecular formula is C14H22O2. The molecule has 90 valence electrons. The van der Waals surface area contributed by atoms with E-state index >= 15 is 0 Å². The van der Waals surface area contributed by atoms with E-state index in [2.05, 4.69) is 13.8 Å². The second-order valence-corrected chi connectivity index (χ2v) is 5.92. The first-order valence-corrected chi connectivity index (χ1v) is 6.54. The van der Waals surface area contributed by atoms with Crippen LogP contribution in [0.25, 0.3) is 0 Å². The van der Waals surface area contributed by atoms with E-state index in [1.54, 1.807) is 6.92 Å². The molecule has 16 heavy (non-hydrogen) atoms. The van der Waals surface area contributed by atoms with E-state index in [1.165, 1.54) is 0 Å². The lowest BCUT2D eigenvalue weighted by Gasteiger charge is -2.22. The minimum Gasteiger partial charge on any atom is -0.300 e. The summed E-state index contributed by atoms with van der Waals surface area (Å²) >= 11 is 0. The van der Waals surface area contributed by atoms with Gasteiger partial charge in [-0.2, -0.15) is 0 Å². The molecule has 0 N–H and O–H groups in total. The van der Waals surface area contributed by atoms with Crippen LogP contribution in [0.1, 0.15) is 46.5 Å². The summed E-state index contributed by atoms with van der Waals surface area (Å²) in [5.74, 6) is 3.61. The van der Waals surface area contributed by atoms with Crippen molar-refractivity contribution in [2.75, 3.05) is 0 Å². The van der Waals surface area contributed by atoms with Gasteiger partial charge in [0.2, 0.25) is 0 Å². The molecule has 0 unspecified atom stereocenters. The van der Waals surface area contributed by atoms with E-state index < -0.39 is 0 Å². The summed E-state index contributed by atoms with van der Waals surface area (Å²) in [6.07, 6.45) is 3.59. The molecule has 0 radical (unpaired) electrons. The Kier molecular flexibility index (Phi) is 3.18. The minimum absolute atomic E-state index is 0.280.